The maximum absolute atomic E-state index is 13.5. The predicted octanol–water partition coefficient (Wildman–Crippen LogP) is 5.77. The number of aliphatic hydroxyl groups is 1. The first-order valence-corrected chi connectivity index (χ1v) is 11.6. The Hall–Kier alpha value is -4.23. The Kier molecular flexibility index (Phi) is 5.94. The molecule has 36 heavy (non-hydrogen) atoms. The SMILES string of the molecule is COc1ccc(C2/C(=C(/O)c3c[nH]c4ccccc34)C(=O)C(=O)N2c2cc(Cl)ccc2C)cc1OC. The van der Waals surface area contributed by atoms with Crippen LogP contribution in [0.2, 0.25) is 5.02 Å². The number of nitrogens with zero attached hydrogens (tertiary/aromatic N) is 1. The van der Waals surface area contributed by atoms with E-state index < -0.39 is 17.7 Å². The Morgan fingerprint density at radius 2 is 1.75 bits per heavy atom. The molecule has 1 aliphatic rings. The lowest BCUT2D eigenvalue weighted by atomic mass is 9.94. The number of ketones is 1. The summed E-state index contributed by atoms with van der Waals surface area (Å²) in [5.41, 5.74) is 2.98. The molecule has 1 aromatic heterocycles. The van der Waals surface area contributed by atoms with Crippen LogP contribution in [0.3, 0.4) is 0 Å². The molecule has 5 rings (SSSR count). The second-order valence-electron chi connectivity index (χ2n) is 8.46. The van der Waals surface area contributed by atoms with Gasteiger partial charge in [-0.3, -0.25) is 14.5 Å². The van der Waals surface area contributed by atoms with Crippen molar-refractivity contribution in [1.29, 1.82) is 0 Å². The molecule has 8 heteroatoms. The second kappa shape index (κ2) is 9.09. The van der Waals surface area contributed by atoms with Gasteiger partial charge in [-0.05, 0) is 48.4 Å². The Morgan fingerprint density at radius 1 is 1.00 bits per heavy atom. The van der Waals surface area contributed by atoms with E-state index in [4.69, 9.17) is 21.1 Å². The summed E-state index contributed by atoms with van der Waals surface area (Å²) in [6.07, 6.45) is 1.63. The van der Waals surface area contributed by atoms with Crippen LogP contribution >= 0.6 is 11.6 Å². The molecule has 1 amide bonds. The van der Waals surface area contributed by atoms with Gasteiger partial charge in [-0.25, -0.2) is 0 Å². The van der Waals surface area contributed by atoms with Crippen molar-refractivity contribution in [2.45, 2.75) is 13.0 Å². The first-order chi connectivity index (χ1) is 17.3. The molecule has 0 spiro atoms. The summed E-state index contributed by atoms with van der Waals surface area (Å²) in [5.74, 6) is -0.907. The van der Waals surface area contributed by atoms with Crippen molar-refractivity contribution in [2.24, 2.45) is 0 Å². The number of para-hydroxylation sites is 1. The zero-order valence-electron chi connectivity index (χ0n) is 19.8. The van der Waals surface area contributed by atoms with E-state index in [-0.39, 0.29) is 11.3 Å². The van der Waals surface area contributed by atoms with Gasteiger partial charge in [0.1, 0.15) is 5.76 Å². The van der Waals surface area contributed by atoms with Crippen LogP contribution in [0.25, 0.3) is 16.7 Å². The number of aryl methyl sites for hydroxylation is 1. The summed E-state index contributed by atoms with van der Waals surface area (Å²) in [7, 11) is 3.03. The lowest BCUT2D eigenvalue weighted by Gasteiger charge is -2.27. The number of carbonyl (C=O) groups is 2. The topological polar surface area (TPSA) is 91.9 Å². The number of aliphatic hydroxyl groups excluding tert-OH is 1. The van der Waals surface area contributed by atoms with Crippen LogP contribution in [0.4, 0.5) is 5.69 Å². The molecule has 1 saturated heterocycles. The summed E-state index contributed by atoms with van der Waals surface area (Å²) < 4.78 is 10.8. The third-order valence-electron chi connectivity index (χ3n) is 6.44. The van der Waals surface area contributed by atoms with Gasteiger partial charge in [0.15, 0.2) is 11.5 Å². The number of Topliss-reactive ketones (excluding diaryl/α,β-unsaturated/α-hetero) is 1. The Bertz CT molecular complexity index is 1550. The number of aromatic nitrogens is 1. The monoisotopic (exact) mass is 502 g/mol. The van der Waals surface area contributed by atoms with E-state index in [0.29, 0.717) is 33.3 Å². The lowest BCUT2D eigenvalue weighted by molar-refractivity contribution is -0.132. The second-order valence-corrected chi connectivity index (χ2v) is 8.90. The number of amides is 1. The minimum absolute atomic E-state index is 0.0312. The van der Waals surface area contributed by atoms with Crippen molar-refractivity contribution in [1.82, 2.24) is 4.98 Å². The highest BCUT2D eigenvalue weighted by atomic mass is 35.5. The van der Waals surface area contributed by atoms with Crippen molar-refractivity contribution in [3.63, 3.8) is 0 Å². The zero-order valence-corrected chi connectivity index (χ0v) is 20.6. The first kappa shape index (κ1) is 23.5. The fourth-order valence-corrected chi connectivity index (χ4v) is 4.84. The molecule has 3 aromatic carbocycles. The van der Waals surface area contributed by atoms with Crippen LogP contribution in [-0.2, 0) is 9.59 Å². The molecule has 2 N–H and O–H groups in total. The number of hydrogen-bond acceptors (Lipinski definition) is 5. The van der Waals surface area contributed by atoms with Gasteiger partial charge >= 0.3 is 0 Å². The molecule has 1 fully saturated rings. The largest absolute Gasteiger partial charge is 0.507 e. The van der Waals surface area contributed by atoms with E-state index in [0.717, 1.165) is 16.5 Å². The van der Waals surface area contributed by atoms with Gasteiger partial charge < -0.3 is 19.6 Å². The Labute approximate surface area is 212 Å². The molecular weight excluding hydrogens is 480 g/mol. The van der Waals surface area contributed by atoms with Crippen LogP contribution in [0, 0.1) is 6.92 Å². The number of anilines is 1. The van der Waals surface area contributed by atoms with Gasteiger partial charge in [-0.15, -0.1) is 0 Å². The van der Waals surface area contributed by atoms with Crippen LogP contribution in [0.5, 0.6) is 11.5 Å². The smallest absolute Gasteiger partial charge is 0.300 e. The first-order valence-electron chi connectivity index (χ1n) is 11.2. The van der Waals surface area contributed by atoms with Crippen molar-refractivity contribution >= 4 is 45.6 Å². The summed E-state index contributed by atoms with van der Waals surface area (Å²) in [6.45, 7) is 1.83. The summed E-state index contributed by atoms with van der Waals surface area (Å²) >= 11 is 6.28. The standard InChI is InChI=1S/C28H23ClN2O5/c1-15-8-10-17(29)13-21(15)31-25(16-9-11-22(35-2)23(12-16)36-3)24(27(33)28(31)34)26(32)19-14-30-20-7-5-4-6-18(19)20/h4-14,25,30,32H,1-3H3/b26-24-. The number of benzene rings is 3. The van der Waals surface area contributed by atoms with Crippen LogP contribution < -0.4 is 14.4 Å². The maximum atomic E-state index is 13.5. The van der Waals surface area contributed by atoms with Crippen molar-refractivity contribution < 1.29 is 24.2 Å². The van der Waals surface area contributed by atoms with Gasteiger partial charge in [0.25, 0.3) is 11.7 Å². The fourth-order valence-electron chi connectivity index (χ4n) is 4.67. The van der Waals surface area contributed by atoms with Crippen molar-refractivity contribution in [3.8, 4) is 11.5 Å². The van der Waals surface area contributed by atoms with E-state index in [1.807, 2.05) is 31.2 Å². The van der Waals surface area contributed by atoms with Gasteiger partial charge in [-0.2, -0.15) is 0 Å². The molecule has 0 saturated carbocycles. The number of halogens is 1. The number of hydrogen-bond donors (Lipinski definition) is 2. The summed E-state index contributed by atoms with van der Waals surface area (Å²) in [4.78, 5) is 31.5. The highest BCUT2D eigenvalue weighted by molar-refractivity contribution is 6.52. The van der Waals surface area contributed by atoms with Gasteiger partial charge in [-0.1, -0.05) is 41.9 Å². The molecule has 1 aliphatic heterocycles. The molecule has 7 nitrogen and oxygen atoms in total. The summed E-state index contributed by atoms with van der Waals surface area (Å²) in [6, 6.07) is 16.8. The summed E-state index contributed by atoms with van der Waals surface area (Å²) in [5, 5.41) is 12.7. The highest BCUT2D eigenvalue weighted by Crippen LogP contribution is 2.45. The quantitative estimate of drug-likeness (QED) is 0.205. The molecule has 182 valence electrons. The zero-order chi connectivity index (χ0) is 25.6. The fraction of sp³-hybridized carbons (Fsp3) is 0.143. The molecular formula is C28H23ClN2O5. The van der Waals surface area contributed by atoms with E-state index in [2.05, 4.69) is 4.98 Å². The highest BCUT2D eigenvalue weighted by Gasteiger charge is 2.47. The van der Waals surface area contributed by atoms with Gasteiger partial charge in [0, 0.05) is 33.4 Å². The molecule has 0 radical (unpaired) electrons. The van der Waals surface area contributed by atoms with E-state index >= 15 is 0 Å². The number of nitrogens with one attached hydrogen (secondary N) is 1. The average molecular weight is 503 g/mol. The number of H-pyrrole nitrogens is 1. The van der Waals surface area contributed by atoms with Gasteiger partial charge in [0.05, 0.1) is 25.8 Å². The third kappa shape index (κ3) is 3.69. The minimum atomic E-state index is -0.935. The van der Waals surface area contributed by atoms with E-state index in [9.17, 15) is 14.7 Å². The number of aromatic amines is 1. The molecule has 4 aromatic rings. The number of fused-ring (bicyclic) bond motifs is 1. The van der Waals surface area contributed by atoms with Crippen LogP contribution in [0.15, 0.2) is 72.4 Å². The van der Waals surface area contributed by atoms with Crippen LogP contribution in [-0.4, -0.2) is 36.0 Å². The number of carbonyl (C=O) groups excluding carboxylic acids is 2. The lowest BCUT2D eigenvalue weighted by Crippen LogP contribution is -2.30. The Balaban J connectivity index is 1.80. The van der Waals surface area contributed by atoms with Crippen molar-refractivity contribution in [3.05, 3.63) is 94.1 Å². The number of rotatable bonds is 5. The maximum Gasteiger partial charge on any atom is 0.300 e. The Morgan fingerprint density at radius 3 is 2.50 bits per heavy atom. The molecule has 2 heterocycles. The number of methoxy groups -OCH3 is 2. The third-order valence-corrected chi connectivity index (χ3v) is 6.68. The predicted molar refractivity (Wildman–Crippen MR) is 139 cm³/mol. The molecule has 1 atom stereocenters. The van der Waals surface area contributed by atoms with Gasteiger partial charge in [0.2, 0.25) is 0 Å². The molecule has 0 aliphatic carbocycles. The van der Waals surface area contributed by atoms with E-state index in [1.54, 1.807) is 42.6 Å². The minimum Gasteiger partial charge on any atom is -0.507 e. The van der Waals surface area contributed by atoms with Crippen molar-refractivity contribution in [2.75, 3.05) is 19.1 Å². The molecule has 0 bridgehead atoms. The molecule has 1 unspecified atom stereocenters. The van der Waals surface area contributed by atoms with E-state index in [1.165, 1.54) is 19.1 Å². The normalized spacial score (nSPS) is 17.1. The average Bonchev–Trinajstić information content (AvgIpc) is 3.43. The van der Waals surface area contributed by atoms with Crippen LogP contribution in [0.1, 0.15) is 22.7 Å². The number of ether oxygens (including phenoxy) is 2.